The topological polar surface area (TPSA) is 0 Å². The van der Waals surface area contributed by atoms with E-state index in [4.69, 9.17) is 0 Å². The van der Waals surface area contributed by atoms with Crippen LogP contribution in [0.1, 0.15) is 5.56 Å². The molecule has 0 saturated heterocycles. The molecule has 0 radical (unpaired) electrons. The molecule has 0 atom stereocenters. The van der Waals surface area contributed by atoms with Gasteiger partial charge in [-0.3, -0.25) is 0 Å². The third-order valence-corrected chi connectivity index (χ3v) is 2.86. The molecule has 1 heteroatoms. The summed E-state index contributed by atoms with van der Waals surface area (Å²) >= 11 is 1.54. The lowest BCUT2D eigenvalue weighted by Gasteiger charge is -1.89. The quantitative estimate of drug-likeness (QED) is 0.548. The summed E-state index contributed by atoms with van der Waals surface area (Å²) in [6.45, 7) is 0. The second kappa shape index (κ2) is 6.62. The maximum atomic E-state index is 3.05. The van der Waals surface area contributed by atoms with Crippen molar-refractivity contribution in [1.29, 1.82) is 0 Å². The summed E-state index contributed by atoms with van der Waals surface area (Å²) in [5.74, 6) is 3.01. The molecule has 0 saturated carbocycles. The van der Waals surface area contributed by atoms with Gasteiger partial charge < -0.3 is 0 Å². The van der Waals surface area contributed by atoms with Gasteiger partial charge in [0.2, 0.25) is 0 Å². The summed E-state index contributed by atoms with van der Waals surface area (Å²) in [5.41, 5.74) is 1.17. The summed E-state index contributed by atoms with van der Waals surface area (Å²) < 4.78 is 0. The maximum Gasteiger partial charge on any atom is 0.0203 e. The van der Waals surface area contributed by atoms with Gasteiger partial charge in [0.15, 0.2) is 0 Å². The molecule has 2 aromatic rings. The Bertz CT molecular complexity index is 530. The molecule has 2 rings (SSSR count). The number of thioether (sulfide) groups is 1. The van der Waals surface area contributed by atoms with Gasteiger partial charge in [0.25, 0.3) is 0 Å². The minimum absolute atomic E-state index is 1.17. The summed E-state index contributed by atoms with van der Waals surface area (Å²) in [6, 6.07) is 20.3. The fraction of sp³-hybridized carbons (Fsp3) is 0. The Labute approximate surface area is 106 Å². The molecule has 0 fully saturated rings. The van der Waals surface area contributed by atoms with Crippen molar-refractivity contribution < 1.29 is 0 Å². The standard InChI is InChI=1S/C16H12S/c1-3-9-15(10-4-1)11-7-8-14-17-16-12-5-2-6-13-16/h1-7,9-13H/b11-7-. The van der Waals surface area contributed by atoms with Gasteiger partial charge in [-0.1, -0.05) is 54.5 Å². The molecule has 0 aliphatic rings. The van der Waals surface area contributed by atoms with Gasteiger partial charge in [0.05, 0.1) is 0 Å². The van der Waals surface area contributed by atoms with Crippen molar-refractivity contribution in [1.82, 2.24) is 0 Å². The average Bonchev–Trinajstić information content (AvgIpc) is 2.41. The molecule has 0 aliphatic heterocycles. The molecule has 82 valence electrons. The predicted molar refractivity (Wildman–Crippen MR) is 75.6 cm³/mol. The van der Waals surface area contributed by atoms with Gasteiger partial charge in [0, 0.05) is 4.90 Å². The van der Waals surface area contributed by atoms with E-state index in [0.29, 0.717) is 0 Å². The number of hydrogen-bond acceptors (Lipinski definition) is 1. The highest BCUT2D eigenvalue weighted by atomic mass is 32.2. The highest BCUT2D eigenvalue weighted by Crippen LogP contribution is 2.14. The number of hydrogen-bond donors (Lipinski definition) is 0. The number of benzene rings is 2. The van der Waals surface area contributed by atoms with Crippen molar-refractivity contribution in [3.63, 3.8) is 0 Å². The van der Waals surface area contributed by atoms with E-state index in [1.807, 2.05) is 48.6 Å². The Balaban J connectivity index is 1.89. The van der Waals surface area contributed by atoms with Crippen LogP contribution in [0.5, 0.6) is 0 Å². The van der Waals surface area contributed by atoms with E-state index in [9.17, 15) is 0 Å². The van der Waals surface area contributed by atoms with E-state index in [1.165, 1.54) is 10.5 Å². The summed E-state index contributed by atoms with van der Waals surface area (Å²) in [5, 5.41) is 3.05. The molecule has 0 bridgehead atoms. The molecule has 0 N–H and O–H groups in total. The van der Waals surface area contributed by atoms with Crippen molar-refractivity contribution in [2.24, 2.45) is 0 Å². The van der Waals surface area contributed by atoms with Crippen LogP contribution in [0, 0.1) is 11.2 Å². The van der Waals surface area contributed by atoms with Gasteiger partial charge in [-0.15, -0.1) is 0 Å². The molecule has 0 nitrogen and oxygen atoms in total. The SMILES string of the molecule is C(#CSc1ccccc1)/C=C\c1ccccc1. The summed E-state index contributed by atoms with van der Waals surface area (Å²) in [7, 11) is 0. The normalized spacial score (nSPS) is 9.88. The molecular formula is C16H12S. The van der Waals surface area contributed by atoms with Gasteiger partial charge >= 0.3 is 0 Å². The molecule has 0 aromatic heterocycles. The Morgan fingerprint density at radius 2 is 1.47 bits per heavy atom. The Morgan fingerprint density at radius 3 is 2.18 bits per heavy atom. The molecule has 0 heterocycles. The van der Waals surface area contributed by atoms with E-state index < -0.39 is 0 Å². The van der Waals surface area contributed by atoms with E-state index >= 15 is 0 Å². The van der Waals surface area contributed by atoms with Gasteiger partial charge in [-0.25, -0.2) is 0 Å². The highest BCUT2D eigenvalue weighted by Gasteiger charge is 1.85. The van der Waals surface area contributed by atoms with Crippen LogP contribution in [0.2, 0.25) is 0 Å². The van der Waals surface area contributed by atoms with Gasteiger partial charge in [0.1, 0.15) is 0 Å². The summed E-state index contributed by atoms with van der Waals surface area (Å²) in [4.78, 5) is 1.17. The third kappa shape index (κ3) is 4.22. The minimum atomic E-state index is 1.17. The zero-order valence-electron chi connectivity index (χ0n) is 9.34. The number of allylic oxidation sites excluding steroid dienone is 1. The lowest BCUT2D eigenvalue weighted by molar-refractivity contribution is 1.47. The molecule has 0 amide bonds. The van der Waals surface area contributed by atoms with E-state index in [2.05, 4.69) is 35.4 Å². The first-order valence-electron chi connectivity index (χ1n) is 5.39. The zero-order valence-corrected chi connectivity index (χ0v) is 10.2. The van der Waals surface area contributed by atoms with Gasteiger partial charge in [-0.05, 0) is 46.9 Å². The van der Waals surface area contributed by atoms with Crippen molar-refractivity contribution in [3.8, 4) is 11.2 Å². The van der Waals surface area contributed by atoms with Crippen molar-refractivity contribution in [2.75, 3.05) is 0 Å². The average molecular weight is 236 g/mol. The van der Waals surface area contributed by atoms with Crippen LogP contribution in [-0.4, -0.2) is 0 Å². The van der Waals surface area contributed by atoms with Crippen molar-refractivity contribution >= 4 is 17.8 Å². The van der Waals surface area contributed by atoms with Gasteiger partial charge in [-0.2, -0.15) is 0 Å². The van der Waals surface area contributed by atoms with Crippen LogP contribution in [0.4, 0.5) is 0 Å². The van der Waals surface area contributed by atoms with Crippen LogP contribution >= 0.6 is 11.8 Å². The lowest BCUT2D eigenvalue weighted by atomic mass is 10.2. The smallest absolute Gasteiger partial charge is 0.0203 e. The van der Waals surface area contributed by atoms with Crippen LogP contribution < -0.4 is 0 Å². The first-order chi connectivity index (χ1) is 8.45. The van der Waals surface area contributed by atoms with Crippen LogP contribution in [0.3, 0.4) is 0 Å². The minimum Gasteiger partial charge on any atom is -0.0626 e. The second-order valence-corrected chi connectivity index (χ2v) is 4.29. The first-order valence-corrected chi connectivity index (χ1v) is 6.21. The molecule has 0 spiro atoms. The lowest BCUT2D eigenvalue weighted by Crippen LogP contribution is -1.67. The number of rotatable bonds is 2. The van der Waals surface area contributed by atoms with Crippen LogP contribution in [-0.2, 0) is 0 Å². The van der Waals surface area contributed by atoms with E-state index in [1.54, 1.807) is 11.8 Å². The molecule has 0 unspecified atom stereocenters. The molecule has 2 aromatic carbocycles. The molecular weight excluding hydrogens is 224 g/mol. The fourth-order valence-corrected chi connectivity index (χ4v) is 1.85. The largest absolute Gasteiger partial charge is 0.0626 e. The third-order valence-electron chi connectivity index (χ3n) is 2.13. The summed E-state index contributed by atoms with van der Waals surface area (Å²) in [6.07, 6.45) is 3.89. The second-order valence-electron chi connectivity index (χ2n) is 3.41. The molecule has 0 aliphatic carbocycles. The maximum absolute atomic E-state index is 3.05. The van der Waals surface area contributed by atoms with E-state index in [0.717, 1.165) is 0 Å². The zero-order chi connectivity index (χ0) is 11.8. The van der Waals surface area contributed by atoms with Crippen LogP contribution in [0.25, 0.3) is 6.08 Å². The Morgan fingerprint density at radius 1 is 0.824 bits per heavy atom. The van der Waals surface area contributed by atoms with Crippen molar-refractivity contribution in [2.45, 2.75) is 4.90 Å². The highest BCUT2D eigenvalue weighted by molar-refractivity contribution is 8.03. The van der Waals surface area contributed by atoms with Crippen molar-refractivity contribution in [3.05, 3.63) is 72.3 Å². The van der Waals surface area contributed by atoms with E-state index in [-0.39, 0.29) is 0 Å². The van der Waals surface area contributed by atoms with Crippen LogP contribution in [0.15, 0.2) is 71.6 Å². The molecule has 17 heavy (non-hydrogen) atoms. The predicted octanol–water partition coefficient (Wildman–Crippen LogP) is 4.45. The fourth-order valence-electron chi connectivity index (χ4n) is 1.31. The monoisotopic (exact) mass is 236 g/mol. The first kappa shape index (κ1) is 11.6. The Kier molecular flexibility index (Phi) is 4.51. The Hall–Kier alpha value is -1.91.